The van der Waals surface area contributed by atoms with E-state index in [9.17, 15) is 18.5 Å². The number of anilines is 1. The van der Waals surface area contributed by atoms with E-state index in [1.165, 1.54) is 6.07 Å². The summed E-state index contributed by atoms with van der Waals surface area (Å²) in [6.45, 7) is 2.15. The first-order valence-electron chi connectivity index (χ1n) is 7.29. The zero-order chi connectivity index (χ0) is 17.7. The van der Waals surface area contributed by atoms with Crippen molar-refractivity contribution in [2.45, 2.75) is 19.5 Å². The minimum absolute atomic E-state index is 0.0587. The Morgan fingerprint density at radius 3 is 2.42 bits per heavy atom. The average Bonchev–Trinajstić information content (AvgIpc) is 2.53. The van der Waals surface area contributed by atoms with E-state index in [-0.39, 0.29) is 18.3 Å². The first-order chi connectivity index (χ1) is 11.2. The lowest BCUT2D eigenvalue weighted by molar-refractivity contribution is -0.384. The number of sulfonamides is 1. The molecule has 0 spiro atoms. The van der Waals surface area contributed by atoms with E-state index >= 15 is 0 Å². The Kier molecular flexibility index (Phi) is 5.53. The second-order valence-corrected chi connectivity index (χ2v) is 7.34. The van der Waals surface area contributed by atoms with Crippen molar-refractivity contribution in [2.75, 3.05) is 11.6 Å². The van der Waals surface area contributed by atoms with Crippen molar-refractivity contribution in [2.24, 2.45) is 0 Å². The smallest absolute Gasteiger partial charge is 0.269 e. The van der Waals surface area contributed by atoms with Gasteiger partial charge in [-0.1, -0.05) is 24.3 Å². The Hall–Kier alpha value is -2.45. The second-order valence-electron chi connectivity index (χ2n) is 5.51. The predicted molar refractivity (Wildman–Crippen MR) is 93.3 cm³/mol. The van der Waals surface area contributed by atoms with E-state index in [2.05, 4.69) is 10.0 Å². The number of nitrogens with zero attached hydrogens (tertiary/aromatic N) is 1. The second kappa shape index (κ2) is 7.41. The standard InChI is InChI=1S/C16H19N3O4S/c1-12(14-4-3-5-16(10-14)19(20)21)18-15-8-6-13(7-9-15)11-17-24(2,22)23/h3-10,12,17-18H,11H2,1-2H3/t12-/m1/s1. The SMILES string of the molecule is C[C@@H](Nc1ccc(CNS(C)(=O)=O)cc1)c1cccc([N+](=O)[O-])c1. The molecule has 0 aromatic heterocycles. The maximum atomic E-state index is 11.1. The van der Waals surface area contributed by atoms with Crippen molar-refractivity contribution in [3.8, 4) is 0 Å². The van der Waals surface area contributed by atoms with Gasteiger partial charge in [0, 0.05) is 30.4 Å². The van der Waals surface area contributed by atoms with Gasteiger partial charge in [-0.15, -0.1) is 0 Å². The summed E-state index contributed by atoms with van der Waals surface area (Å²) in [7, 11) is -3.22. The van der Waals surface area contributed by atoms with Gasteiger partial charge in [0.05, 0.1) is 11.2 Å². The molecule has 0 radical (unpaired) electrons. The summed E-state index contributed by atoms with van der Waals surface area (Å²) in [4.78, 5) is 10.4. The Morgan fingerprint density at radius 2 is 1.83 bits per heavy atom. The zero-order valence-corrected chi connectivity index (χ0v) is 14.2. The highest BCUT2D eigenvalue weighted by atomic mass is 32.2. The van der Waals surface area contributed by atoms with Crippen LogP contribution in [0, 0.1) is 10.1 Å². The number of hydrogen-bond acceptors (Lipinski definition) is 5. The summed E-state index contributed by atoms with van der Waals surface area (Å²) in [5, 5.41) is 14.1. The van der Waals surface area contributed by atoms with Crippen LogP contribution in [0.4, 0.5) is 11.4 Å². The summed E-state index contributed by atoms with van der Waals surface area (Å²) < 4.78 is 24.6. The molecule has 0 fully saturated rings. The maximum Gasteiger partial charge on any atom is 0.269 e. The van der Waals surface area contributed by atoms with E-state index in [4.69, 9.17) is 0 Å². The average molecular weight is 349 g/mol. The van der Waals surface area contributed by atoms with Crippen LogP contribution in [0.5, 0.6) is 0 Å². The molecule has 24 heavy (non-hydrogen) atoms. The molecular weight excluding hydrogens is 330 g/mol. The number of nitrogens with one attached hydrogen (secondary N) is 2. The highest BCUT2D eigenvalue weighted by molar-refractivity contribution is 7.88. The lowest BCUT2D eigenvalue weighted by atomic mass is 10.1. The van der Waals surface area contributed by atoms with E-state index in [1.807, 2.05) is 37.3 Å². The summed E-state index contributed by atoms with van der Waals surface area (Å²) in [6, 6.07) is 13.7. The van der Waals surface area contributed by atoms with Gasteiger partial charge < -0.3 is 5.32 Å². The molecule has 2 N–H and O–H groups in total. The third-order valence-electron chi connectivity index (χ3n) is 3.46. The van der Waals surface area contributed by atoms with Gasteiger partial charge >= 0.3 is 0 Å². The quantitative estimate of drug-likeness (QED) is 0.591. The van der Waals surface area contributed by atoms with Crippen molar-refractivity contribution in [3.05, 3.63) is 69.8 Å². The Labute approximate surface area is 140 Å². The van der Waals surface area contributed by atoms with Crippen molar-refractivity contribution in [3.63, 3.8) is 0 Å². The van der Waals surface area contributed by atoms with Crippen molar-refractivity contribution < 1.29 is 13.3 Å². The minimum Gasteiger partial charge on any atom is -0.379 e. The third-order valence-corrected chi connectivity index (χ3v) is 4.13. The van der Waals surface area contributed by atoms with Crippen LogP contribution in [0.2, 0.25) is 0 Å². The summed E-state index contributed by atoms with van der Waals surface area (Å²) in [5.74, 6) is 0. The fourth-order valence-electron chi connectivity index (χ4n) is 2.17. The molecule has 8 heteroatoms. The van der Waals surface area contributed by atoms with E-state index in [0.29, 0.717) is 0 Å². The molecule has 0 saturated carbocycles. The topological polar surface area (TPSA) is 101 Å². The van der Waals surface area contributed by atoms with Crippen LogP contribution >= 0.6 is 0 Å². The number of nitro groups is 1. The molecule has 2 aromatic carbocycles. The summed E-state index contributed by atoms with van der Waals surface area (Å²) >= 11 is 0. The molecule has 0 amide bonds. The van der Waals surface area contributed by atoms with Gasteiger partial charge in [-0.05, 0) is 30.2 Å². The molecule has 0 unspecified atom stereocenters. The van der Waals surface area contributed by atoms with E-state index in [0.717, 1.165) is 23.1 Å². The fourth-order valence-corrected chi connectivity index (χ4v) is 2.60. The maximum absolute atomic E-state index is 11.1. The van der Waals surface area contributed by atoms with Gasteiger partial charge in [0.2, 0.25) is 10.0 Å². The highest BCUT2D eigenvalue weighted by Gasteiger charge is 2.11. The molecule has 0 saturated heterocycles. The van der Waals surface area contributed by atoms with Crippen LogP contribution in [0.1, 0.15) is 24.1 Å². The van der Waals surface area contributed by atoms with Gasteiger partial charge in [0.1, 0.15) is 0 Å². The Balaban J connectivity index is 2.03. The van der Waals surface area contributed by atoms with Crippen LogP contribution < -0.4 is 10.0 Å². The molecule has 0 aliphatic heterocycles. The Morgan fingerprint density at radius 1 is 1.17 bits per heavy atom. The fraction of sp³-hybridized carbons (Fsp3) is 0.250. The molecule has 1 atom stereocenters. The lowest BCUT2D eigenvalue weighted by Crippen LogP contribution is -2.21. The predicted octanol–water partition coefficient (Wildman–Crippen LogP) is 2.82. The van der Waals surface area contributed by atoms with Gasteiger partial charge in [0.15, 0.2) is 0 Å². The molecule has 128 valence electrons. The lowest BCUT2D eigenvalue weighted by Gasteiger charge is -2.16. The van der Waals surface area contributed by atoms with Gasteiger partial charge in [-0.2, -0.15) is 0 Å². The van der Waals surface area contributed by atoms with Crippen molar-refractivity contribution >= 4 is 21.4 Å². The molecule has 0 aliphatic rings. The van der Waals surface area contributed by atoms with Crippen LogP contribution in [-0.2, 0) is 16.6 Å². The number of non-ortho nitro benzene ring substituents is 1. The molecule has 2 aromatic rings. The first-order valence-corrected chi connectivity index (χ1v) is 9.18. The van der Waals surface area contributed by atoms with Crippen molar-refractivity contribution in [1.82, 2.24) is 4.72 Å². The first kappa shape index (κ1) is 17.9. The van der Waals surface area contributed by atoms with Crippen LogP contribution in [-0.4, -0.2) is 19.6 Å². The largest absolute Gasteiger partial charge is 0.379 e. The number of benzene rings is 2. The molecule has 0 bridgehead atoms. The van der Waals surface area contributed by atoms with E-state index < -0.39 is 14.9 Å². The molecule has 0 heterocycles. The molecular formula is C16H19N3O4S. The zero-order valence-electron chi connectivity index (χ0n) is 13.4. The van der Waals surface area contributed by atoms with Crippen LogP contribution in [0.15, 0.2) is 48.5 Å². The summed E-state index contributed by atoms with van der Waals surface area (Å²) in [6.07, 6.45) is 1.11. The van der Waals surface area contributed by atoms with Gasteiger partial charge in [-0.25, -0.2) is 13.1 Å². The van der Waals surface area contributed by atoms with Gasteiger partial charge in [-0.3, -0.25) is 10.1 Å². The number of hydrogen-bond donors (Lipinski definition) is 2. The number of nitro benzene ring substituents is 1. The van der Waals surface area contributed by atoms with Crippen LogP contribution in [0.25, 0.3) is 0 Å². The molecule has 0 aliphatic carbocycles. The Bertz CT molecular complexity index is 819. The molecule has 2 rings (SSSR count). The third kappa shape index (κ3) is 5.32. The minimum atomic E-state index is -3.22. The number of rotatable bonds is 7. The van der Waals surface area contributed by atoms with Crippen molar-refractivity contribution in [1.29, 1.82) is 0 Å². The normalized spacial score (nSPS) is 12.6. The summed E-state index contributed by atoms with van der Waals surface area (Å²) in [5.41, 5.74) is 2.56. The highest BCUT2D eigenvalue weighted by Crippen LogP contribution is 2.23. The van der Waals surface area contributed by atoms with Crippen LogP contribution in [0.3, 0.4) is 0 Å². The van der Waals surface area contributed by atoms with Gasteiger partial charge in [0.25, 0.3) is 5.69 Å². The molecule has 7 nitrogen and oxygen atoms in total. The monoisotopic (exact) mass is 349 g/mol. The van der Waals surface area contributed by atoms with E-state index in [1.54, 1.807) is 12.1 Å².